The van der Waals surface area contributed by atoms with E-state index in [1.54, 1.807) is 0 Å². The first-order chi connectivity index (χ1) is 5.13. The summed E-state index contributed by atoms with van der Waals surface area (Å²) in [5, 5.41) is 2.17. The lowest BCUT2D eigenvalue weighted by molar-refractivity contribution is 0.106. The average Bonchev–Trinajstić information content (AvgIpc) is 2.32. The highest BCUT2D eigenvalue weighted by atomic mass is 15.6. The van der Waals surface area contributed by atoms with Gasteiger partial charge in [-0.2, -0.15) is 0 Å². The van der Waals surface area contributed by atoms with Crippen LogP contribution in [0.5, 0.6) is 0 Å². The van der Waals surface area contributed by atoms with Gasteiger partial charge in [0.1, 0.15) is 0 Å². The molecule has 1 rings (SSSR count). The Balaban J connectivity index is 2.51. The van der Waals surface area contributed by atoms with E-state index < -0.39 is 0 Å². The minimum Gasteiger partial charge on any atom is -0.315 e. The number of hydrogen-bond donors (Lipinski definition) is 2. The highest BCUT2D eigenvalue weighted by Crippen LogP contribution is 2.17. The molecule has 0 saturated carbocycles. The van der Waals surface area contributed by atoms with Crippen LogP contribution in [0.2, 0.25) is 0 Å². The summed E-state index contributed by atoms with van der Waals surface area (Å²) in [4.78, 5) is 0. The van der Waals surface area contributed by atoms with Gasteiger partial charge in [0, 0.05) is 12.6 Å². The fourth-order valence-electron chi connectivity index (χ4n) is 1.70. The van der Waals surface area contributed by atoms with Crippen molar-refractivity contribution in [2.45, 2.75) is 39.4 Å². The van der Waals surface area contributed by atoms with Crippen molar-refractivity contribution in [1.29, 1.82) is 0 Å². The fraction of sp³-hybridized carbons (Fsp3) is 1.00. The lowest BCUT2D eigenvalue weighted by Gasteiger charge is -2.29. The predicted molar refractivity (Wildman–Crippen MR) is 46.7 cm³/mol. The minimum atomic E-state index is 0.130. The van der Waals surface area contributed by atoms with Crippen molar-refractivity contribution < 1.29 is 0 Å². The average molecular weight is 157 g/mol. The van der Waals surface area contributed by atoms with Gasteiger partial charge < -0.3 is 5.73 Å². The molecular weight excluding hydrogens is 138 g/mol. The number of nitrogens with two attached hydrogens (primary N) is 1. The van der Waals surface area contributed by atoms with Gasteiger partial charge in [0.15, 0.2) is 0 Å². The van der Waals surface area contributed by atoms with E-state index in [1.807, 2.05) is 6.92 Å². The molecule has 0 aromatic heterocycles. The second-order valence-electron chi connectivity index (χ2n) is 3.66. The summed E-state index contributed by atoms with van der Waals surface area (Å²) in [7, 11) is 0. The first-order valence-corrected chi connectivity index (χ1v) is 4.40. The molecule has 3 nitrogen and oxygen atoms in total. The molecule has 0 radical (unpaired) electrons. The van der Waals surface area contributed by atoms with E-state index in [0.717, 1.165) is 6.54 Å². The highest BCUT2D eigenvalue weighted by Gasteiger charge is 2.28. The summed E-state index contributed by atoms with van der Waals surface area (Å²) < 4.78 is 0. The molecule has 0 spiro atoms. The molecular formula is C8H19N3. The van der Waals surface area contributed by atoms with E-state index in [-0.39, 0.29) is 6.17 Å². The summed E-state index contributed by atoms with van der Waals surface area (Å²) in [6.45, 7) is 7.58. The van der Waals surface area contributed by atoms with Crippen molar-refractivity contribution in [3.63, 3.8) is 0 Å². The summed E-state index contributed by atoms with van der Waals surface area (Å²) in [6.07, 6.45) is 1.35. The minimum absolute atomic E-state index is 0.130. The highest BCUT2D eigenvalue weighted by molar-refractivity contribution is 4.80. The third-order valence-corrected chi connectivity index (χ3v) is 2.30. The SMILES string of the molecule is CC(C)C1CCNN1C(C)N. The first-order valence-electron chi connectivity index (χ1n) is 4.40. The van der Waals surface area contributed by atoms with E-state index >= 15 is 0 Å². The molecule has 11 heavy (non-hydrogen) atoms. The van der Waals surface area contributed by atoms with Gasteiger partial charge in [-0.15, -0.1) is 0 Å². The lowest BCUT2D eigenvalue weighted by Crippen LogP contribution is -2.50. The Hall–Kier alpha value is -0.120. The molecule has 1 aliphatic rings. The Kier molecular flexibility index (Phi) is 2.87. The van der Waals surface area contributed by atoms with Gasteiger partial charge in [-0.3, -0.25) is 5.43 Å². The van der Waals surface area contributed by atoms with E-state index in [2.05, 4.69) is 24.3 Å². The second-order valence-corrected chi connectivity index (χ2v) is 3.66. The molecule has 1 saturated heterocycles. The number of hydrogen-bond acceptors (Lipinski definition) is 3. The van der Waals surface area contributed by atoms with Gasteiger partial charge in [-0.1, -0.05) is 13.8 Å². The van der Waals surface area contributed by atoms with E-state index in [9.17, 15) is 0 Å². The molecule has 0 aromatic carbocycles. The number of nitrogens with zero attached hydrogens (tertiary/aromatic N) is 1. The molecule has 1 fully saturated rings. The maximum Gasteiger partial charge on any atom is 0.0682 e. The van der Waals surface area contributed by atoms with Crippen molar-refractivity contribution in [2.24, 2.45) is 11.7 Å². The Labute approximate surface area is 68.9 Å². The van der Waals surface area contributed by atoms with Gasteiger partial charge in [0.25, 0.3) is 0 Å². The van der Waals surface area contributed by atoms with Crippen LogP contribution in [-0.2, 0) is 0 Å². The summed E-state index contributed by atoms with van der Waals surface area (Å²) in [5.41, 5.74) is 9.09. The Morgan fingerprint density at radius 1 is 1.45 bits per heavy atom. The van der Waals surface area contributed by atoms with Crippen molar-refractivity contribution in [1.82, 2.24) is 10.4 Å². The zero-order chi connectivity index (χ0) is 8.43. The van der Waals surface area contributed by atoms with Gasteiger partial charge >= 0.3 is 0 Å². The van der Waals surface area contributed by atoms with Crippen LogP contribution in [0.4, 0.5) is 0 Å². The molecule has 3 N–H and O–H groups in total. The van der Waals surface area contributed by atoms with Gasteiger partial charge in [-0.25, -0.2) is 5.01 Å². The zero-order valence-corrected chi connectivity index (χ0v) is 7.67. The number of nitrogens with one attached hydrogen (secondary N) is 1. The summed E-state index contributed by atoms with van der Waals surface area (Å²) >= 11 is 0. The monoisotopic (exact) mass is 157 g/mol. The van der Waals surface area contributed by atoms with Crippen molar-refractivity contribution in [3.8, 4) is 0 Å². The van der Waals surface area contributed by atoms with Gasteiger partial charge in [-0.05, 0) is 19.3 Å². The van der Waals surface area contributed by atoms with E-state index in [1.165, 1.54) is 6.42 Å². The van der Waals surface area contributed by atoms with Crippen molar-refractivity contribution >= 4 is 0 Å². The van der Waals surface area contributed by atoms with Crippen LogP contribution < -0.4 is 11.2 Å². The largest absolute Gasteiger partial charge is 0.315 e. The van der Waals surface area contributed by atoms with Crippen LogP contribution in [0.25, 0.3) is 0 Å². The number of rotatable bonds is 2. The Morgan fingerprint density at radius 2 is 2.09 bits per heavy atom. The molecule has 0 aromatic rings. The lowest BCUT2D eigenvalue weighted by atomic mass is 10.0. The molecule has 3 heteroatoms. The van der Waals surface area contributed by atoms with Crippen LogP contribution in [0, 0.1) is 5.92 Å². The van der Waals surface area contributed by atoms with Crippen molar-refractivity contribution in [3.05, 3.63) is 0 Å². The molecule has 0 aliphatic carbocycles. The maximum atomic E-state index is 5.79. The summed E-state index contributed by atoms with van der Waals surface area (Å²) in [6, 6.07) is 0.620. The van der Waals surface area contributed by atoms with Crippen LogP contribution in [0.1, 0.15) is 27.2 Å². The Morgan fingerprint density at radius 3 is 2.45 bits per heavy atom. The molecule has 2 unspecified atom stereocenters. The fourth-order valence-corrected chi connectivity index (χ4v) is 1.70. The molecule has 2 atom stereocenters. The molecule has 1 heterocycles. The van der Waals surface area contributed by atoms with E-state index in [4.69, 9.17) is 5.73 Å². The summed E-state index contributed by atoms with van der Waals surface area (Å²) in [5.74, 6) is 0.691. The second kappa shape index (κ2) is 3.52. The molecule has 0 bridgehead atoms. The van der Waals surface area contributed by atoms with Crippen LogP contribution in [0.15, 0.2) is 0 Å². The van der Waals surface area contributed by atoms with Gasteiger partial charge in [0.2, 0.25) is 0 Å². The first kappa shape index (κ1) is 8.97. The third kappa shape index (κ3) is 1.92. The van der Waals surface area contributed by atoms with E-state index in [0.29, 0.717) is 12.0 Å². The maximum absolute atomic E-state index is 5.79. The molecule has 0 amide bonds. The van der Waals surface area contributed by atoms with Crippen LogP contribution in [-0.4, -0.2) is 23.8 Å². The normalized spacial score (nSPS) is 29.7. The van der Waals surface area contributed by atoms with Crippen LogP contribution >= 0.6 is 0 Å². The zero-order valence-electron chi connectivity index (χ0n) is 7.67. The Bertz CT molecular complexity index is 109. The third-order valence-electron chi connectivity index (χ3n) is 2.30. The van der Waals surface area contributed by atoms with Gasteiger partial charge in [0.05, 0.1) is 6.17 Å². The number of hydrazine groups is 1. The molecule has 66 valence electrons. The van der Waals surface area contributed by atoms with Crippen molar-refractivity contribution in [2.75, 3.05) is 6.54 Å². The quantitative estimate of drug-likeness (QED) is 0.614. The molecule has 1 aliphatic heterocycles. The van der Waals surface area contributed by atoms with Crippen LogP contribution in [0.3, 0.4) is 0 Å². The predicted octanol–water partition coefficient (Wildman–Crippen LogP) is 0.526. The standard InChI is InChI=1S/C8H19N3/c1-6(2)8-4-5-10-11(8)7(3)9/h6-8,10H,4-5,9H2,1-3H3. The smallest absolute Gasteiger partial charge is 0.0682 e. The topological polar surface area (TPSA) is 41.3 Å².